The molecular formula is C26H31BrN2. The van der Waals surface area contributed by atoms with Gasteiger partial charge in [-0.15, -0.1) is 0 Å². The van der Waals surface area contributed by atoms with Gasteiger partial charge in [0.1, 0.15) is 0 Å². The van der Waals surface area contributed by atoms with E-state index in [-0.39, 0.29) is 5.41 Å². The van der Waals surface area contributed by atoms with Gasteiger partial charge in [0, 0.05) is 30.7 Å². The summed E-state index contributed by atoms with van der Waals surface area (Å²) >= 11 is 3.53. The van der Waals surface area contributed by atoms with Crippen LogP contribution in [0.1, 0.15) is 48.6 Å². The first kappa shape index (κ1) is 21.8. The van der Waals surface area contributed by atoms with Gasteiger partial charge in [-0.3, -0.25) is 4.90 Å². The molecule has 0 unspecified atom stereocenters. The summed E-state index contributed by atoms with van der Waals surface area (Å²) in [5, 5.41) is 0. The van der Waals surface area contributed by atoms with Gasteiger partial charge in [0.2, 0.25) is 0 Å². The van der Waals surface area contributed by atoms with Crippen LogP contribution in [0.4, 0.5) is 0 Å². The molecule has 2 N–H and O–H groups in total. The summed E-state index contributed by atoms with van der Waals surface area (Å²) in [4.78, 5) is 2.49. The molecular weight excluding hydrogens is 420 g/mol. The van der Waals surface area contributed by atoms with Crippen LogP contribution in [0, 0.1) is 0 Å². The highest BCUT2D eigenvalue weighted by Crippen LogP contribution is 2.23. The largest absolute Gasteiger partial charge is 0.326 e. The van der Waals surface area contributed by atoms with Crippen LogP contribution in [0.3, 0.4) is 0 Å². The molecule has 2 nitrogen and oxygen atoms in total. The van der Waals surface area contributed by atoms with Crippen molar-refractivity contribution in [2.45, 2.75) is 52.4 Å². The van der Waals surface area contributed by atoms with Crippen molar-refractivity contribution in [2.24, 2.45) is 5.73 Å². The topological polar surface area (TPSA) is 29.3 Å². The monoisotopic (exact) mass is 450 g/mol. The summed E-state index contributed by atoms with van der Waals surface area (Å²) in [6, 6.07) is 26.3. The molecule has 0 aromatic heterocycles. The molecule has 0 aliphatic carbocycles. The van der Waals surface area contributed by atoms with Crippen LogP contribution in [-0.2, 0) is 31.6 Å². The summed E-state index contributed by atoms with van der Waals surface area (Å²) in [5.74, 6) is 0. The van der Waals surface area contributed by atoms with E-state index in [0.29, 0.717) is 6.54 Å². The van der Waals surface area contributed by atoms with Crippen LogP contribution in [-0.4, -0.2) is 4.90 Å². The zero-order valence-corrected chi connectivity index (χ0v) is 19.2. The molecule has 0 saturated carbocycles. The van der Waals surface area contributed by atoms with Crippen molar-refractivity contribution in [1.29, 1.82) is 0 Å². The Hall–Kier alpha value is -1.94. The second kappa shape index (κ2) is 9.71. The lowest BCUT2D eigenvalue weighted by atomic mass is 9.87. The number of hydrogen-bond donors (Lipinski definition) is 1. The molecule has 0 atom stereocenters. The van der Waals surface area contributed by atoms with Crippen molar-refractivity contribution >= 4 is 15.9 Å². The Kier molecular flexibility index (Phi) is 7.28. The van der Waals surface area contributed by atoms with Crippen LogP contribution in [0.5, 0.6) is 0 Å². The first-order valence-corrected chi connectivity index (χ1v) is 11.0. The highest BCUT2D eigenvalue weighted by molar-refractivity contribution is 9.10. The van der Waals surface area contributed by atoms with Gasteiger partial charge in [-0.2, -0.15) is 0 Å². The van der Waals surface area contributed by atoms with E-state index in [4.69, 9.17) is 5.73 Å². The van der Waals surface area contributed by atoms with Gasteiger partial charge in [-0.25, -0.2) is 0 Å². The minimum Gasteiger partial charge on any atom is -0.326 e. The van der Waals surface area contributed by atoms with Gasteiger partial charge in [-0.1, -0.05) is 97.4 Å². The molecule has 29 heavy (non-hydrogen) atoms. The van der Waals surface area contributed by atoms with E-state index in [2.05, 4.69) is 114 Å². The highest BCUT2D eigenvalue weighted by atomic mass is 79.9. The molecule has 0 aliphatic rings. The van der Waals surface area contributed by atoms with Crippen molar-refractivity contribution in [3.8, 4) is 0 Å². The molecule has 0 radical (unpaired) electrons. The SMILES string of the molecule is CC(C)(C)c1ccc(CN(Cc2ccc(Br)cc2)Cc2cccc(CN)c2)cc1. The number of hydrogen-bond acceptors (Lipinski definition) is 2. The Balaban J connectivity index is 1.80. The van der Waals surface area contributed by atoms with Crippen LogP contribution < -0.4 is 5.73 Å². The molecule has 0 saturated heterocycles. The fourth-order valence-electron chi connectivity index (χ4n) is 3.50. The quantitative estimate of drug-likeness (QED) is 0.450. The molecule has 3 rings (SSSR count). The maximum atomic E-state index is 5.84. The lowest BCUT2D eigenvalue weighted by molar-refractivity contribution is 0.247. The zero-order valence-electron chi connectivity index (χ0n) is 17.7. The molecule has 0 fully saturated rings. The third-order valence-electron chi connectivity index (χ3n) is 5.18. The number of benzene rings is 3. The molecule has 0 aliphatic heterocycles. The second-order valence-corrected chi connectivity index (χ2v) is 9.66. The van der Waals surface area contributed by atoms with Crippen LogP contribution in [0.2, 0.25) is 0 Å². The van der Waals surface area contributed by atoms with E-state index in [0.717, 1.165) is 24.1 Å². The normalized spacial score (nSPS) is 11.8. The Morgan fingerprint density at radius 2 is 1.24 bits per heavy atom. The zero-order chi connectivity index (χ0) is 20.9. The predicted molar refractivity (Wildman–Crippen MR) is 127 cm³/mol. The van der Waals surface area contributed by atoms with Gasteiger partial charge in [0.25, 0.3) is 0 Å². The number of rotatable bonds is 7. The first-order valence-electron chi connectivity index (χ1n) is 10.2. The number of nitrogens with two attached hydrogens (primary N) is 1. The first-order chi connectivity index (χ1) is 13.8. The minimum atomic E-state index is 0.179. The summed E-state index contributed by atoms with van der Waals surface area (Å²) in [6.45, 7) is 10.1. The molecule has 0 bridgehead atoms. The van der Waals surface area contributed by atoms with Gasteiger partial charge in [0.05, 0.1) is 0 Å². The van der Waals surface area contributed by atoms with E-state index >= 15 is 0 Å². The standard InChI is InChI=1S/C26H31BrN2/c1-26(2,3)24-11-7-20(8-12-24)17-29(18-21-9-13-25(27)14-10-21)19-23-6-4-5-22(15-23)16-28/h4-15H,16-19,28H2,1-3H3. The fraction of sp³-hybridized carbons (Fsp3) is 0.308. The summed E-state index contributed by atoms with van der Waals surface area (Å²) in [6.07, 6.45) is 0. The smallest absolute Gasteiger partial charge is 0.0240 e. The van der Waals surface area contributed by atoms with Gasteiger partial charge < -0.3 is 5.73 Å². The lowest BCUT2D eigenvalue weighted by Gasteiger charge is -2.24. The fourth-order valence-corrected chi connectivity index (χ4v) is 3.76. The average molecular weight is 451 g/mol. The Labute approximate surface area is 183 Å². The van der Waals surface area contributed by atoms with Crippen LogP contribution in [0.25, 0.3) is 0 Å². The van der Waals surface area contributed by atoms with Gasteiger partial charge >= 0.3 is 0 Å². The maximum absolute atomic E-state index is 5.84. The van der Waals surface area contributed by atoms with Crippen molar-refractivity contribution in [3.05, 3.63) is 105 Å². The molecule has 3 aromatic carbocycles. The molecule has 152 valence electrons. The second-order valence-electron chi connectivity index (χ2n) is 8.74. The summed E-state index contributed by atoms with van der Waals surface area (Å²) in [7, 11) is 0. The van der Waals surface area contributed by atoms with Crippen LogP contribution in [0.15, 0.2) is 77.3 Å². The van der Waals surface area contributed by atoms with Gasteiger partial charge in [-0.05, 0) is 45.4 Å². The molecule has 3 heteroatoms. The van der Waals surface area contributed by atoms with E-state index in [1.165, 1.54) is 27.8 Å². The van der Waals surface area contributed by atoms with Crippen molar-refractivity contribution in [2.75, 3.05) is 0 Å². The minimum absolute atomic E-state index is 0.179. The summed E-state index contributed by atoms with van der Waals surface area (Å²) in [5.41, 5.74) is 12.5. The van der Waals surface area contributed by atoms with E-state index < -0.39 is 0 Å². The lowest BCUT2D eigenvalue weighted by Crippen LogP contribution is -2.22. The van der Waals surface area contributed by atoms with Gasteiger partial charge in [0.15, 0.2) is 0 Å². The Morgan fingerprint density at radius 3 is 1.79 bits per heavy atom. The Morgan fingerprint density at radius 1 is 0.724 bits per heavy atom. The van der Waals surface area contributed by atoms with Crippen molar-refractivity contribution in [3.63, 3.8) is 0 Å². The molecule has 0 spiro atoms. The average Bonchev–Trinajstić information content (AvgIpc) is 2.69. The summed E-state index contributed by atoms with van der Waals surface area (Å²) < 4.78 is 1.11. The van der Waals surface area contributed by atoms with Crippen LogP contribution >= 0.6 is 15.9 Å². The number of nitrogens with zero attached hydrogens (tertiary/aromatic N) is 1. The van der Waals surface area contributed by atoms with E-state index in [1.807, 2.05) is 0 Å². The van der Waals surface area contributed by atoms with Crippen molar-refractivity contribution < 1.29 is 0 Å². The third-order valence-corrected chi connectivity index (χ3v) is 5.71. The molecule has 3 aromatic rings. The van der Waals surface area contributed by atoms with E-state index in [1.54, 1.807) is 0 Å². The predicted octanol–water partition coefficient (Wildman–Crippen LogP) is 6.41. The van der Waals surface area contributed by atoms with Crippen molar-refractivity contribution in [1.82, 2.24) is 4.90 Å². The molecule has 0 heterocycles. The van der Waals surface area contributed by atoms with E-state index in [9.17, 15) is 0 Å². The number of halogens is 1. The Bertz CT molecular complexity index is 909. The molecule has 0 amide bonds. The maximum Gasteiger partial charge on any atom is 0.0240 e. The third kappa shape index (κ3) is 6.53. The highest BCUT2D eigenvalue weighted by Gasteiger charge is 2.14.